The Hall–Kier alpha value is -3.21. The maximum atomic E-state index is 12.0. The summed E-state index contributed by atoms with van der Waals surface area (Å²) in [5, 5.41) is 13.3. The van der Waals surface area contributed by atoms with E-state index in [0.717, 1.165) is 11.3 Å². The van der Waals surface area contributed by atoms with Crippen LogP contribution >= 0.6 is 0 Å². The van der Waals surface area contributed by atoms with Crippen molar-refractivity contribution in [2.75, 3.05) is 0 Å². The first-order chi connectivity index (χ1) is 10.7. The molecule has 0 saturated carbocycles. The van der Waals surface area contributed by atoms with Crippen LogP contribution in [0.2, 0.25) is 0 Å². The molecule has 0 unspecified atom stereocenters. The van der Waals surface area contributed by atoms with Crippen molar-refractivity contribution < 1.29 is 9.90 Å². The van der Waals surface area contributed by atoms with Gasteiger partial charge in [-0.2, -0.15) is 5.10 Å². The van der Waals surface area contributed by atoms with Crippen LogP contribution in [0.15, 0.2) is 67.3 Å². The van der Waals surface area contributed by atoms with Crippen LogP contribution in [0.25, 0.3) is 11.8 Å². The van der Waals surface area contributed by atoms with E-state index in [1.165, 1.54) is 24.5 Å². The molecule has 0 spiro atoms. The number of hydrogen-bond donors (Lipinski definition) is 1. The first-order valence-corrected chi connectivity index (χ1v) is 6.69. The minimum atomic E-state index is -0.111. The van der Waals surface area contributed by atoms with E-state index in [-0.39, 0.29) is 11.5 Å². The Labute approximate surface area is 127 Å². The molecule has 5 heteroatoms. The summed E-state index contributed by atoms with van der Waals surface area (Å²) in [5.41, 5.74) is 2.35. The highest BCUT2D eigenvalue weighted by Crippen LogP contribution is 2.12. The van der Waals surface area contributed by atoms with Crippen LogP contribution < -0.4 is 0 Å². The third kappa shape index (κ3) is 3.09. The van der Waals surface area contributed by atoms with E-state index in [9.17, 15) is 9.90 Å². The summed E-state index contributed by atoms with van der Waals surface area (Å²) < 4.78 is 1.66. The molecule has 0 radical (unpaired) electrons. The molecular weight excluding hydrogens is 278 g/mol. The monoisotopic (exact) mass is 291 g/mol. The second kappa shape index (κ2) is 6.05. The first-order valence-electron chi connectivity index (χ1n) is 6.69. The fraction of sp³-hybridized carbons (Fsp3) is 0. The maximum Gasteiger partial charge on any atom is 0.185 e. The van der Waals surface area contributed by atoms with Crippen molar-refractivity contribution in [2.24, 2.45) is 0 Å². The zero-order chi connectivity index (χ0) is 15.4. The lowest BCUT2D eigenvalue weighted by Gasteiger charge is -2.00. The number of ketones is 1. The molecule has 22 heavy (non-hydrogen) atoms. The van der Waals surface area contributed by atoms with E-state index in [1.54, 1.807) is 29.2 Å². The highest BCUT2D eigenvalue weighted by atomic mass is 16.3. The van der Waals surface area contributed by atoms with Gasteiger partial charge < -0.3 is 5.11 Å². The highest BCUT2D eigenvalue weighted by Gasteiger charge is 2.01. The molecular formula is C17H13N3O2. The molecule has 0 bridgehead atoms. The summed E-state index contributed by atoms with van der Waals surface area (Å²) in [7, 11) is 0. The van der Waals surface area contributed by atoms with Crippen LogP contribution in [0.4, 0.5) is 0 Å². The average molecular weight is 291 g/mol. The van der Waals surface area contributed by atoms with Gasteiger partial charge in [0, 0.05) is 5.56 Å². The third-order valence-electron chi connectivity index (χ3n) is 3.16. The van der Waals surface area contributed by atoms with Gasteiger partial charge in [-0.25, -0.2) is 9.67 Å². The normalized spacial score (nSPS) is 10.9. The molecule has 0 aliphatic heterocycles. The summed E-state index contributed by atoms with van der Waals surface area (Å²) in [4.78, 5) is 15.9. The molecule has 0 amide bonds. The van der Waals surface area contributed by atoms with E-state index in [2.05, 4.69) is 10.1 Å². The van der Waals surface area contributed by atoms with Crippen molar-refractivity contribution in [1.29, 1.82) is 0 Å². The topological polar surface area (TPSA) is 68.0 Å². The molecule has 0 saturated heterocycles. The molecule has 0 aliphatic carbocycles. The maximum absolute atomic E-state index is 12.0. The van der Waals surface area contributed by atoms with Crippen LogP contribution in [0, 0.1) is 0 Å². The number of aromatic hydroxyl groups is 1. The molecule has 0 aliphatic rings. The number of nitrogens with zero attached hydrogens (tertiary/aromatic N) is 3. The van der Waals surface area contributed by atoms with Gasteiger partial charge in [-0.3, -0.25) is 4.79 Å². The molecule has 0 fully saturated rings. The van der Waals surface area contributed by atoms with Crippen LogP contribution in [0.3, 0.4) is 0 Å². The zero-order valence-electron chi connectivity index (χ0n) is 11.6. The number of phenolic OH excluding ortho intramolecular Hbond substituents is 1. The first kappa shape index (κ1) is 13.8. The van der Waals surface area contributed by atoms with Crippen molar-refractivity contribution in [3.63, 3.8) is 0 Å². The van der Waals surface area contributed by atoms with E-state index in [1.807, 2.05) is 24.3 Å². The Morgan fingerprint density at radius 2 is 1.77 bits per heavy atom. The number of benzene rings is 2. The molecule has 2 aromatic carbocycles. The number of carbonyl (C=O) groups is 1. The van der Waals surface area contributed by atoms with E-state index in [0.29, 0.717) is 5.56 Å². The van der Waals surface area contributed by atoms with Gasteiger partial charge in [-0.15, -0.1) is 0 Å². The number of allylic oxidation sites excluding steroid dienone is 1. The molecule has 1 heterocycles. The predicted octanol–water partition coefficient (Wildman–Crippen LogP) is 2.87. The van der Waals surface area contributed by atoms with Crippen LogP contribution in [-0.2, 0) is 0 Å². The van der Waals surface area contributed by atoms with E-state index in [4.69, 9.17) is 0 Å². The lowest BCUT2D eigenvalue weighted by atomic mass is 10.1. The second-order valence-electron chi connectivity index (χ2n) is 4.68. The summed E-state index contributed by atoms with van der Waals surface area (Å²) in [6.07, 6.45) is 6.36. The summed E-state index contributed by atoms with van der Waals surface area (Å²) in [6, 6.07) is 13.8. The van der Waals surface area contributed by atoms with Crippen LogP contribution in [-0.4, -0.2) is 25.7 Å². The SMILES string of the molecule is O=C(C=Cc1ccc(-n2cncn2)cc1)c1ccc(O)cc1. The standard InChI is InChI=1S/C17H13N3O2/c21-16-8-4-14(5-9-16)17(22)10-3-13-1-6-15(7-2-13)20-12-18-11-19-20/h1-12,21H. The molecule has 1 aromatic heterocycles. The number of aromatic nitrogens is 3. The summed E-state index contributed by atoms with van der Waals surface area (Å²) >= 11 is 0. The Balaban J connectivity index is 1.72. The predicted molar refractivity (Wildman–Crippen MR) is 82.8 cm³/mol. The van der Waals surface area contributed by atoms with Crippen LogP contribution in [0.5, 0.6) is 5.75 Å². The minimum Gasteiger partial charge on any atom is -0.508 e. The number of phenols is 1. The Morgan fingerprint density at radius 3 is 2.41 bits per heavy atom. The zero-order valence-corrected chi connectivity index (χ0v) is 11.6. The molecule has 1 N–H and O–H groups in total. The molecule has 3 aromatic rings. The van der Waals surface area contributed by atoms with Crippen molar-refractivity contribution in [3.8, 4) is 11.4 Å². The minimum absolute atomic E-state index is 0.111. The largest absolute Gasteiger partial charge is 0.508 e. The van der Waals surface area contributed by atoms with Gasteiger partial charge in [0.25, 0.3) is 0 Å². The van der Waals surface area contributed by atoms with Gasteiger partial charge in [0.05, 0.1) is 5.69 Å². The smallest absolute Gasteiger partial charge is 0.185 e. The lowest BCUT2D eigenvalue weighted by molar-refractivity contribution is 0.104. The van der Waals surface area contributed by atoms with Gasteiger partial charge >= 0.3 is 0 Å². The van der Waals surface area contributed by atoms with Gasteiger partial charge in [0.2, 0.25) is 0 Å². The van der Waals surface area contributed by atoms with E-state index >= 15 is 0 Å². The van der Waals surface area contributed by atoms with Gasteiger partial charge in [-0.05, 0) is 48.0 Å². The van der Waals surface area contributed by atoms with Crippen molar-refractivity contribution in [3.05, 3.63) is 78.4 Å². The van der Waals surface area contributed by atoms with Crippen LogP contribution in [0.1, 0.15) is 15.9 Å². The molecule has 3 rings (SSSR count). The number of hydrogen-bond acceptors (Lipinski definition) is 4. The Morgan fingerprint density at radius 1 is 1.05 bits per heavy atom. The lowest BCUT2D eigenvalue weighted by Crippen LogP contribution is -1.94. The molecule has 0 atom stereocenters. The number of rotatable bonds is 4. The Bertz CT molecular complexity index is 789. The summed E-state index contributed by atoms with van der Waals surface area (Å²) in [5.74, 6) is 0.0320. The van der Waals surface area contributed by atoms with E-state index < -0.39 is 0 Å². The molecule has 108 valence electrons. The highest BCUT2D eigenvalue weighted by molar-refractivity contribution is 6.06. The number of carbonyl (C=O) groups excluding carboxylic acids is 1. The van der Waals surface area contributed by atoms with Gasteiger partial charge in [0.15, 0.2) is 5.78 Å². The van der Waals surface area contributed by atoms with Crippen molar-refractivity contribution >= 4 is 11.9 Å². The fourth-order valence-corrected chi connectivity index (χ4v) is 1.97. The van der Waals surface area contributed by atoms with Crippen molar-refractivity contribution in [1.82, 2.24) is 14.8 Å². The fourth-order valence-electron chi connectivity index (χ4n) is 1.97. The van der Waals surface area contributed by atoms with Crippen molar-refractivity contribution in [2.45, 2.75) is 0 Å². The third-order valence-corrected chi connectivity index (χ3v) is 3.16. The second-order valence-corrected chi connectivity index (χ2v) is 4.68. The quantitative estimate of drug-likeness (QED) is 0.593. The molecule has 5 nitrogen and oxygen atoms in total. The Kier molecular flexibility index (Phi) is 3.78. The van der Waals surface area contributed by atoms with Gasteiger partial charge in [-0.1, -0.05) is 18.2 Å². The average Bonchev–Trinajstić information content (AvgIpc) is 3.08. The summed E-state index contributed by atoms with van der Waals surface area (Å²) in [6.45, 7) is 0. The van der Waals surface area contributed by atoms with Gasteiger partial charge in [0.1, 0.15) is 18.4 Å².